The number of carbonyl (C=O) groups is 1. The summed E-state index contributed by atoms with van der Waals surface area (Å²) in [6.07, 6.45) is -1.72. The maximum atomic E-state index is 12.6. The van der Waals surface area contributed by atoms with Crippen LogP contribution < -0.4 is 4.72 Å². The molecule has 0 fully saturated rings. The van der Waals surface area contributed by atoms with Crippen molar-refractivity contribution in [3.8, 4) is 0 Å². The third-order valence-corrected chi connectivity index (χ3v) is 5.31. The lowest BCUT2D eigenvalue weighted by Gasteiger charge is -2.23. The van der Waals surface area contributed by atoms with Crippen LogP contribution >= 0.6 is 11.6 Å². The fourth-order valence-electron chi connectivity index (χ4n) is 2.19. The number of methoxy groups -OCH3 is 1. The van der Waals surface area contributed by atoms with Crippen LogP contribution in [0, 0.1) is 6.92 Å². The van der Waals surface area contributed by atoms with E-state index in [2.05, 4.69) is 9.46 Å². The fraction of sp³-hybridized carbons (Fsp3) is 0.235. The lowest BCUT2D eigenvalue weighted by Crippen LogP contribution is -2.40. The summed E-state index contributed by atoms with van der Waals surface area (Å²) in [6.45, 7) is 1.83. The molecule has 134 valence electrons. The summed E-state index contributed by atoms with van der Waals surface area (Å²) >= 11 is 5.84. The summed E-state index contributed by atoms with van der Waals surface area (Å²) in [5, 5.41) is 10.7. The number of sulfonamides is 1. The molecule has 0 radical (unpaired) electrons. The van der Waals surface area contributed by atoms with Crippen LogP contribution in [0.25, 0.3) is 0 Å². The zero-order valence-corrected chi connectivity index (χ0v) is 15.2. The Morgan fingerprint density at radius 3 is 2.20 bits per heavy atom. The van der Waals surface area contributed by atoms with Crippen molar-refractivity contribution in [1.29, 1.82) is 0 Å². The quantitative estimate of drug-likeness (QED) is 0.746. The van der Waals surface area contributed by atoms with E-state index in [4.69, 9.17) is 11.6 Å². The first-order valence-corrected chi connectivity index (χ1v) is 9.21. The Balaban J connectivity index is 2.39. The van der Waals surface area contributed by atoms with Gasteiger partial charge in [-0.1, -0.05) is 41.4 Å². The average molecular weight is 384 g/mol. The highest BCUT2D eigenvalue weighted by atomic mass is 35.5. The lowest BCUT2D eigenvalue weighted by molar-refractivity contribution is -0.151. The van der Waals surface area contributed by atoms with Crippen LogP contribution in [0.4, 0.5) is 0 Å². The highest BCUT2D eigenvalue weighted by Gasteiger charge is 2.32. The number of halogens is 1. The molecule has 0 saturated carbocycles. The van der Waals surface area contributed by atoms with Crippen molar-refractivity contribution in [2.45, 2.75) is 24.0 Å². The fourth-order valence-corrected chi connectivity index (χ4v) is 3.55. The van der Waals surface area contributed by atoms with Gasteiger partial charge < -0.3 is 9.84 Å². The van der Waals surface area contributed by atoms with Crippen LogP contribution in [0.3, 0.4) is 0 Å². The third kappa shape index (κ3) is 4.79. The van der Waals surface area contributed by atoms with E-state index in [1.807, 2.05) is 6.92 Å². The SMILES string of the molecule is COC(=O)[C@H](O)[C@H](NS(=O)(=O)c1ccc(C)cc1)c1ccc(Cl)cc1. The molecule has 0 saturated heterocycles. The number of ether oxygens (including phenoxy) is 1. The van der Waals surface area contributed by atoms with Crippen molar-refractivity contribution in [2.24, 2.45) is 0 Å². The Bertz CT molecular complexity index is 834. The van der Waals surface area contributed by atoms with E-state index in [1.54, 1.807) is 12.1 Å². The summed E-state index contributed by atoms with van der Waals surface area (Å²) in [7, 11) is -2.86. The Morgan fingerprint density at radius 1 is 1.12 bits per heavy atom. The van der Waals surface area contributed by atoms with Gasteiger partial charge >= 0.3 is 5.97 Å². The molecule has 2 N–H and O–H groups in total. The van der Waals surface area contributed by atoms with Crippen LogP contribution in [-0.2, 0) is 19.6 Å². The van der Waals surface area contributed by atoms with Crippen molar-refractivity contribution in [3.05, 3.63) is 64.7 Å². The largest absolute Gasteiger partial charge is 0.467 e. The molecule has 0 aliphatic rings. The molecule has 0 amide bonds. The van der Waals surface area contributed by atoms with E-state index in [1.165, 1.54) is 36.4 Å². The zero-order valence-electron chi connectivity index (χ0n) is 13.6. The van der Waals surface area contributed by atoms with Gasteiger partial charge in [-0.25, -0.2) is 17.9 Å². The van der Waals surface area contributed by atoms with Crippen molar-refractivity contribution < 1.29 is 23.1 Å². The predicted molar refractivity (Wildman–Crippen MR) is 93.7 cm³/mol. The molecule has 8 heteroatoms. The monoisotopic (exact) mass is 383 g/mol. The minimum Gasteiger partial charge on any atom is -0.467 e. The Morgan fingerprint density at radius 2 is 1.68 bits per heavy atom. The number of esters is 1. The molecule has 2 aromatic rings. The van der Waals surface area contributed by atoms with Gasteiger partial charge in [-0.2, -0.15) is 0 Å². The van der Waals surface area contributed by atoms with Gasteiger partial charge in [0.25, 0.3) is 0 Å². The average Bonchev–Trinajstić information content (AvgIpc) is 2.59. The molecule has 0 bridgehead atoms. The number of aliphatic hydroxyl groups is 1. The first-order valence-electron chi connectivity index (χ1n) is 7.35. The van der Waals surface area contributed by atoms with Gasteiger partial charge in [0.05, 0.1) is 18.0 Å². The second kappa shape index (κ2) is 7.97. The van der Waals surface area contributed by atoms with Gasteiger partial charge in [-0.05, 0) is 36.8 Å². The van der Waals surface area contributed by atoms with Crippen molar-refractivity contribution in [3.63, 3.8) is 0 Å². The van der Waals surface area contributed by atoms with E-state index in [-0.39, 0.29) is 4.90 Å². The molecule has 2 atom stereocenters. The minimum atomic E-state index is -3.97. The number of rotatable bonds is 6. The number of aryl methyl sites for hydroxylation is 1. The molecular weight excluding hydrogens is 366 g/mol. The number of aliphatic hydroxyl groups excluding tert-OH is 1. The highest BCUT2D eigenvalue weighted by molar-refractivity contribution is 7.89. The summed E-state index contributed by atoms with van der Waals surface area (Å²) in [5.41, 5.74) is 1.28. The summed E-state index contributed by atoms with van der Waals surface area (Å²) in [5.74, 6) is -0.952. The maximum Gasteiger partial charge on any atom is 0.336 e. The van der Waals surface area contributed by atoms with E-state index >= 15 is 0 Å². The first-order chi connectivity index (χ1) is 11.7. The van der Waals surface area contributed by atoms with Gasteiger partial charge in [0, 0.05) is 5.02 Å². The molecule has 2 rings (SSSR count). The normalized spacial score (nSPS) is 13.9. The number of hydrogen-bond acceptors (Lipinski definition) is 5. The smallest absolute Gasteiger partial charge is 0.336 e. The summed E-state index contributed by atoms with van der Waals surface area (Å²) < 4.78 is 32.1. The molecule has 0 aliphatic carbocycles. The van der Waals surface area contributed by atoms with Gasteiger partial charge in [0.1, 0.15) is 0 Å². The number of nitrogens with one attached hydrogen (secondary N) is 1. The van der Waals surface area contributed by atoms with Crippen LogP contribution in [0.15, 0.2) is 53.4 Å². The number of benzene rings is 2. The molecular formula is C17H18ClNO5S. The van der Waals surface area contributed by atoms with Crippen LogP contribution in [-0.4, -0.2) is 32.7 Å². The molecule has 6 nitrogen and oxygen atoms in total. The maximum absolute atomic E-state index is 12.6. The Kier molecular flexibility index (Phi) is 6.18. The molecule has 0 aromatic heterocycles. The third-order valence-electron chi connectivity index (χ3n) is 3.60. The van der Waals surface area contributed by atoms with Gasteiger partial charge in [-0.15, -0.1) is 0 Å². The van der Waals surface area contributed by atoms with Gasteiger partial charge in [0.2, 0.25) is 10.0 Å². The van der Waals surface area contributed by atoms with E-state index in [9.17, 15) is 18.3 Å². The topological polar surface area (TPSA) is 92.7 Å². The molecule has 2 aromatic carbocycles. The lowest BCUT2D eigenvalue weighted by atomic mass is 10.0. The van der Waals surface area contributed by atoms with Gasteiger partial charge in [-0.3, -0.25) is 0 Å². The summed E-state index contributed by atoms with van der Waals surface area (Å²) in [6, 6.07) is 11.1. The van der Waals surface area contributed by atoms with Crippen molar-refractivity contribution >= 4 is 27.6 Å². The number of carbonyl (C=O) groups excluding carboxylic acids is 1. The van der Waals surface area contributed by atoms with E-state index in [0.717, 1.165) is 12.7 Å². The number of hydrogen-bond donors (Lipinski definition) is 2. The predicted octanol–water partition coefficient (Wildman–Crippen LogP) is 2.20. The summed E-state index contributed by atoms with van der Waals surface area (Å²) in [4.78, 5) is 11.7. The van der Waals surface area contributed by atoms with Crippen LogP contribution in [0.1, 0.15) is 17.2 Å². The minimum absolute atomic E-state index is 0.0223. The Labute approximate surface area is 151 Å². The molecule has 0 heterocycles. The van der Waals surface area contributed by atoms with Gasteiger partial charge in [0.15, 0.2) is 6.10 Å². The first kappa shape index (κ1) is 19.4. The van der Waals surface area contributed by atoms with E-state index < -0.39 is 28.1 Å². The standard InChI is InChI=1S/C17H18ClNO5S/c1-11-3-9-14(10-4-11)25(22,23)19-15(16(20)17(21)24-2)12-5-7-13(18)8-6-12/h3-10,15-16,19-20H,1-2H3/t15-,16-/m1/s1. The second-order valence-electron chi connectivity index (χ2n) is 5.43. The Hall–Kier alpha value is -1.93. The molecule has 0 spiro atoms. The highest BCUT2D eigenvalue weighted by Crippen LogP contribution is 2.23. The molecule has 0 unspecified atom stereocenters. The second-order valence-corrected chi connectivity index (χ2v) is 7.58. The van der Waals surface area contributed by atoms with Crippen LogP contribution in [0.2, 0.25) is 5.02 Å². The molecule has 25 heavy (non-hydrogen) atoms. The van der Waals surface area contributed by atoms with Crippen molar-refractivity contribution in [1.82, 2.24) is 4.72 Å². The zero-order chi connectivity index (χ0) is 18.6. The van der Waals surface area contributed by atoms with Crippen molar-refractivity contribution in [2.75, 3.05) is 7.11 Å². The van der Waals surface area contributed by atoms with E-state index in [0.29, 0.717) is 10.6 Å². The molecule has 0 aliphatic heterocycles. The van der Waals surface area contributed by atoms with Crippen LogP contribution in [0.5, 0.6) is 0 Å².